The lowest BCUT2D eigenvalue weighted by Crippen LogP contribution is -2.14. The number of hydrogen-bond donors (Lipinski definition) is 0. The molecule has 0 amide bonds. The van der Waals surface area contributed by atoms with Crippen molar-refractivity contribution in [2.75, 3.05) is 0 Å². The van der Waals surface area contributed by atoms with Crippen LogP contribution in [0.5, 0.6) is 0 Å². The van der Waals surface area contributed by atoms with E-state index in [1.165, 1.54) is 22.3 Å². The number of furan rings is 1. The van der Waals surface area contributed by atoms with Gasteiger partial charge in [-0.25, -0.2) is 15.0 Å². The Bertz CT molecular complexity index is 2780. The lowest BCUT2D eigenvalue weighted by atomic mass is 9.82. The van der Waals surface area contributed by atoms with Gasteiger partial charge in [0.05, 0.1) is 28.0 Å². The normalized spacial score (nSPS) is 13.2. The zero-order valence-electron chi connectivity index (χ0n) is 27.7. The molecule has 0 spiro atoms. The van der Waals surface area contributed by atoms with Gasteiger partial charge in [0.1, 0.15) is 11.2 Å². The maximum atomic E-state index is 6.43. The van der Waals surface area contributed by atoms with Gasteiger partial charge in [0.2, 0.25) is 0 Å². The number of pyridine rings is 1. The second-order valence-electron chi connectivity index (χ2n) is 13.6. The van der Waals surface area contributed by atoms with Gasteiger partial charge < -0.3 is 4.42 Å². The first-order chi connectivity index (χ1) is 24.5. The second-order valence-corrected chi connectivity index (χ2v) is 13.6. The third kappa shape index (κ3) is 4.35. The summed E-state index contributed by atoms with van der Waals surface area (Å²) in [7, 11) is 0. The molecule has 0 N–H and O–H groups in total. The standard InChI is InChI=1S/C46H31N3O/c1-46(2)36-17-9-6-14-32(36)33-25-24-31(26-37(33)46)40-27-39(28-12-4-3-5-13-28)48-45(49-40)30-22-20-29(21-23-30)43-42-35-16-8-11-19-41(35)50-44(42)34-15-7-10-18-38(34)47-43/h3-27H,1-2H3. The molecule has 236 valence electrons. The van der Waals surface area contributed by atoms with Crippen molar-refractivity contribution in [3.8, 4) is 56.3 Å². The van der Waals surface area contributed by atoms with Crippen molar-refractivity contribution < 1.29 is 4.42 Å². The third-order valence-corrected chi connectivity index (χ3v) is 10.3. The van der Waals surface area contributed by atoms with E-state index in [2.05, 4.69) is 129 Å². The summed E-state index contributed by atoms with van der Waals surface area (Å²) < 4.78 is 6.43. The quantitative estimate of drug-likeness (QED) is 0.192. The Morgan fingerprint density at radius 2 is 1.12 bits per heavy atom. The van der Waals surface area contributed by atoms with Crippen molar-refractivity contribution >= 4 is 32.8 Å². The van der Waals surface area contributed by atoms with Crippen LogP contribution in [0.25, 0.3) is 89.1 Å². The van der Waals surface area contributed by atoms with Crippen LogP contribution in [0.15, 0.2) is 156 Å². The van der Waals surface area contributed by atoms with E-state index in [0.29, 0.717) is 5.82 Å². The van der Waals surface area contributed by atoms with Gasteiger partial charge in [-0.05, 0) is 52.6 Å². The lowest BCUT2D eigenvalue weighted by molar-refractivity contribution is 0.660. The van der Waals surface area contributed by atoms with Crippen LogP contribution in [0.2, 0.25) is 0 Å². The Hall–Kier alpha value is -6.39. The Balaban J connectivity index is 1.11. The molecule has 0 bridgehead atoms. The van der Waals surface area contributed by atoms with E-state index in [-0.39, 0.29) is 5.41 Å². The van der Waals surface area contributed by atoms with E-state index in [1.807, 2.05) is 36.4 Å². The molecular weight excluding hydrogens is 611 g/mol. The highest BCUT2D eigenvalue weighted by Crippen LogP contribution is 2.49. The lowest BCUT2D eigenvalue weighted by Gasteiger charge is -2.22. The van der Waals surface area contributed by atoms with Gasteiger partial charge in [0.25, 0.3) is 0 Å². The predicted molar refractivity (Wildman–Crippen MR) is 204 cm³/mol. The van der Waals surface area contributed by atoms with Crippen molar-refractivity contribution in [2.24, 2.45) is 0 Å². The number of hydrogen-bond acceptors (Lipinski definition) is 4. The first-order valence-electron chi connectivity index (χ1n) is 17.0. The second kappa shape index (κ2) is 10.8. The number of aromatic nitrogens is 3. The predicted octanol–water partition coefficient (Wildman–Crippen LogP) is 11.9. The summed E-state index contributed by atoms with van der Waals surface area (Å²) in [6, 6.07) is 52.8. The van der Waals surface area contributed by atoms with E-state index in [1.54, 1.807) is 0 Å². The largest absolute Gasteiger partial charge is 0.455 e. The number of benzene rings is 6. The molecule has 0 unspecified atom stereocenters. The molecule has 9 aromatic rings. The fraction of sp³-hybridized carbons (Fsp3) is 0.0652. The van der Waals surface area contributed by atoms with Crippen LogP contribution in [0.4, 0.5) is 0 Å². The first-order valence-corrected chi connectivity index (χ1v) is 17.0. The minimum atomic E-state index is -0.0988. The van der Waals surface area contributed by atoms with Gasteiger partial charge in [-0.3, -0.25) is 0 Å². The highest BCUT2D eigenvalue weighted by atomic mass is 16.3. The topological polar surface area (TPSA) is 51.8 Å². The van der Waals surface area contributed by atoms with E-state index in [9.17, 15) is 0 Å². The maximum Gasteiger partial charge on any atom is 0.160 e. The highest BCUT2D eigenvalue weighted by Gasteiger charge is 2.35. The van der Waals surface area contributed by atoms with E-state index in [4.69, 9.17) is 19.4 Å². The summed E-state index contributed by atoms with van der Waals surface area (Å²) in [4.78, 5) is 15.5. The molecule has 1 aliphatic carbocycles. The molecule has 50 heavy (non-hydrogen) atoms. The smallest absolute Gasteiger partial charge is 0.160 e. The Kier molecular flexibility index (Phi) is 6.19. The van der Waals surface area contributed by atoms with Crippen LogP contribution in [0, 0.1) is 0 Å². The van der Waals surface area contributed by atoms with Crippen LogP contribution in [0.1, 0.15) is 25.0 Å². The number of nitrogens with zero attached hydrogens (tertiary/aromatic N) is 3. The first kappa shape index (κ1) is 28.6. The molecule has 4 nitrogen and oxygen atoms in total. The van der Waals surface area contributed by atoms with Crippen molar-refractivity contribution in [2.45, 2.75) is 19.3 Å². The summed E-state index contributed by atoms with van der Waals surface area (Å²) in [6.45, 7) is 4.63. The molecule has 10 rings (SSSR count). The molecule has 6 aromatic carbocycles. The molecule has 0 radical (unpaired) electrons. The van der Waals surface area contributed by atoms with Crippen LogP contribution in [-0.4, -0.2) is 15.0 Å². The highest BCUT2D eigenvalue weighted by molar-refractivity contribution is 6.19. The van der Waals surface area contributed by atoms with Gasteiger partial charge in [0.15, 0.2) is 5.82 Å². The molecule has 0 saturated heterocycles. The monoisotopic (exact) mass is 641 g/mol. The van der Waals surface area contributed by atoms with E-state index in [0.717, 1.165) is 72.2 Å². The summed E-state index contributed by atoms with van der Waals surface area (Å²) in [6.07, 6.45) is 0. The van der Waals surface area contributed by atoms with Gasteiger partial charge in [-0.1, -0.05) is 135 Å². The fourth-order valence-electron chi connectivity index (χ4n) is 7.74. The molecule has 0 fully saturated rings. The number of rotatable bonds is 4. The Morgan fingerprint density at radius 1 is 0.480 bits per heavy atom. The summed E-state index contributed by atoms with van der Waals surface area (Å²) in [5.74, 6) is 0.682. The van der Waals surface area contributed by atoms with Gasteiger partial charge in [0, 0.05) is 38.4 Å². The summed E-state index contributed by atoms with van der Waals surface area (Å²) in [5.41, 5.74) is 14.6. The van der Waals surface area contributed by atoms with Crippen LogP contribution in [-0.2, 0) is 5.41 Å². The van der Waals surface area contributed by atoms with Crippen molar-refractivity contribution in [3.63, 3.8) is 0 Å². The van der Waals surface area contributed by atoms with Gasteiger partial charge in [-0.2, -0.15) is 0 Å². The molecule has 3 heterocycles. The SMILES string of the molecule is CC1(C)c2ccccc2-c2ccc(-c3cc(-c4ccccc4)nc(-c4ccc(-c5nc6ccccc6c6oc7ccccc7c56)cc4)n3)cc21. The van der Waals surface area contributed by atoms with Gasteiger partial charge >= 0.3 is 0 Å². The third-order valence-electron chi connectivity index (χ3n) is 10.3. The molecule has 4 heteroatoms. The minimum absolute atomic E-state index is 0.0988. The Labute approximate surface area is 289 Å². The molecule has 1 aliphatic rings. The molecular formula is C46H31N3O. The molecule has 0 aliphatic heterocycles. The van der Waals surface area contributed by atoms with Crippen molar-refractivity contribution in [1.82, 2.24) is 15.0 Å². The van der Waals surface area contributed by atoms with Crippen molar-refractivity contribution in [1.29, 1.82) is 0 Å². The number of para-hydroxylation sites is 2. The summed E-state index contributed by atoms with van der Waals surface area (Å²) >= 11 is 0. The molecule has 0 atom stereocenters. The van der Waals surface area contributed by atoms with Crippen LogP contribution >= 0.6 is 0 Å². The zero-order chi connectivity index (χ0) is 33.4. The number of fused-ring (bicyclic) bond motifs is 8. The van der Waals surface area contributed by atoms with Gasteiger partial charge in [-0.15, -0.1) is 0 Å². The molecule has 0 saturated carbocycles. The summed E-state index contributed by atoms with van der Waals surface area (Å²) in [5, 5.41) is 3.10. The average molecular weight is 642 g/mol. The maximum absolute atomic E-state index is 6.43. The fourth-order valence-corrected chi connectivity index (χ4v) is 7.74. The van der Waals surface area contributed by atoms with Crippen LogP contribution in [0.3, 0.4) is 0 Å². The van der Waals surface area contributed by atoms with Crippen LogP contribution < -0.4 is 0 Å². The van der Waals surface area contributed by atoms with E-state index < -0.39 is 0 Å². The zero-order valence-corrected chi connectivity index (χ0v) is 27.7. The minimum Gasteiger partial charge on any atom is -0.455 e. The average Bonchev–Trinajstić information content (AvgIpc) is 3.68. The Morgan fingerprint density at radius 3 is 1.96 bits per heavy atom. The molecule has 3 aromatic heterocycles. The van der Waals surface area contributed by atoms with Crippen molar-refractivity contribution in [3.05, 3.63) is 163 Å². The van der Waals surface area contributed by atoms with E-state index >= 15 is 0 Å².